The number of hydrazone groups is 1. The molecular weight excluding hydrogens is 283 g/mol. The predicted molar refractivity (Wildman–Crippen MR) is 80.3 cm³/mol. The van der Waals surface area contributed by atoms with Crippen LogP contribution in [0.5, 0.6) is 0 Å². The average molecular weight is 293 g/mol. The van der Waals surface area contributed by atoms with Gasteiger partial charge in [-0.2, -0.15) is 5.10 Å². The van der Waals surface area contributed by atoms with Crippen molar-refractivity contribution in [2.45, 2.75) is 0 Å². The standard InChI is InChI=1S/C14H10ClFN2S/c15-12-5-3-11(4-6-12)14(19)18-17-9-10-1-7-13(16)8-2-10/h1-9H,(H,18,19)/b17-9+. The Labute approximate surface area is 120 Å². The first kappa shape index (κ1) is 13.6. The van der Waals surface area contributed by atoms with Crippen molar-refractivity contribution in [3.05, 3.63) is 70.5 Å². The van der Waals surface area contributed by atoms with Crippen LogP contribution in [-0.2, 0) is 0 Å². The summed E-state index contributed by atoms with van der Waals surface area (Å²) in [5.41, 5.74) is 4.36. The Morgan fingerprint density at radius 1 is 1.11 bits per heavy atom. The van der Waals surface area contributed by atoms with E-state index in [1.807, 2.05) is 12.1 Å². The molecule has 0 aliphatic heterocycles. The van der Waals surface area contributed by atoms with Gasteiger partial charge in [0.15, 0.2) is 0 Å². The third-order valence-electron chi connectivity index (χ3n) is 2.36. The zero-order valence-corrected chi connectivity index (χ0v) is 11.4. The summed E-state index contributed by atoms with van der Waals surface area (Å²) < 4.78 is 12.7. The fourth-order valence-electron chi connectivity index (χ4n) is 1.38. The van der Waals surface area contributed by atoms with Crippen LogP contribution >= 0.6 is 23.8 Å². The number of benzene rings is 2. The van der Waals surface area contributed by atoms with Crippen molar-refractivity contribution in [3.8, 4) is 0 Å². The average Bonchev–Trinajstić information content (AvgIpc) is 2.41. The quantitative estimate of drug-likeness (QED) is 0.529. The first-order valence-electron chi connectivity index (χ1n) is 5.50. The Bertz CT molecular complexity index is 594. The SMILES string of the molecule is Fc1ccc(/C=N/NC(=S)c2ccc(Cl)cc2)cc1. The number of halogens is 2. The minimum Gasteiger partial charge on any atom is -0.267 e. The number of thiocarbonyl (C=S) groups is 1. The second-order valence-electron chi connectivity index (χ2n) is 3.76. The smallest absolute Gasteiger partial charge is 0.126 e. The minimum absolute atomic E-state index is 0.276. The molecule has 0 heterocycles. The molecule has 1 N–H and O–H groups in total. The van der Waals surface area contributed by atoms with Crippen LogP contribution in [0.4, 0.5) is 4.39 Å². The van der Waals surface area contributed by atoms with E-state index in [-0.39, 0.29) is 5.82 Å². The van der Waals surface area contributed by atoms with Crippen LogP contribution in [0, 0.1) is 5.82 Å². The van der Waals surface area contributed by atoms with Crippen LogP contribution < -0.4 is 5.43 Å². The second-order valence-corrected chi connectivity index (χ2v) is 4.60. The summed E-state index contributed by atoms with van der Waals surface area (Å²) in [7, 11) is 0. The Morgan fingerprint density at radius 2 is 1.74 bits per heavy atom. The van der Waals surface area contributed by atoms with Crippen LogP contribution in [0.15, 0.2) is 53.6 Å². The Hall–Kier alpha value is -1.78. The van der Waals surface area contributed by atoms with E-state index in [1.165, 1.54) is 12.1 Å². The number of hydrogen-bond acceptors (Lipinski definition) is 2. The van der Waals surface area contributed by atoms with Gasteiger partial charge in [0.25, 0.3) is 0 Å². The molecule has 0 saturated heterocycles. The van der Waals surface area contributed by atoms with Crippen LogP contribution in [0.1, 0.15) is 11.1 Å². The molecule has 2 nitrogen and oxygen atoms in total. The number of nitrogens with one attached hydrogen (secondary N) is 1. The largest absolute Gasteiger partial charge is 0.267 e. The van der Waals surface area contributed by atoms with Gasteiger partial charge in [-0.1, -0.05) is 48.1 Å². The molecule has 2 rings (SSSR count). The molecule has 0 saturated carbocycles. The zero-order valence-electron chi connectivity index (χ0n) is 9.81. The van der Waals surface area contributed by atoms with Gasteiger partial charge in [-0.15, -0.1) is 0 Å². The number of nitrogens with zero attached hydrogens (tertiary/aromatic N) is 1. The van der Waals surface area contributed by atoms with Crippen molar-refractivity contribution in [1.29, 1.82) is 0 Å². The van der Waals surface area contributed by atoms with Gasteiger partial charge in [0, 0.05) is 10.6 Å². The highest BCUT2D eigenvalue weighted by Crippen LogP contribution is 2.09. The minimum atomic E-state index is -0.276. The summed E-state index contributed by atoms with van der Waals surface area (Å²) in [6.07, 6.45) is 1.57. The molecule has 0 bridgehead atoms. The van der Waals surface area contributed by atoms with Crippen LogP contribution in [0.2, 0.25) is 5.02 Å². The molecule has 0 unspecified atom stereocenters. The van der Waals surface area contributed by atoms with Gasteiger partial charge in [0.2, 0.25) is 0 Å². The lowest BCUT2D eigenvalue weighted by molar-refractivity contribution is 0.628. The molecule has 5 heteroatoms. The zero-order chi connectivity index (χ0) is 13.7. The maximum Gasteiger partial charge on any atom is 0.126 e. The molecule has 0 fully saturated rings. The fourth-order valence-corrected chi connectivity index (χ4v) is 1.69. The van der Waals surface area contributed by atoms with E-state index in [9.17, 15) is 4.39 Å². The normalized spacial score (nSPS) is 10.6. The molecular formula is C14H10ClFN2S. The summed E-state index contributed by atoms with van der Waals surface area (Å²) >= 11 is 11.0. The molecule has 0 radical (unpaired) electrons. The Morgan fingerprint density at radius 3 is 2.37 bits per heavy atom. The van der Waals surface area contributed by atoms with Gasteiger partial charge in [0.1, 0.15) is 10.8 Å². The summed E-state index contributed by atoms with van der Waals surface area (Å²) in [6.45, 7) is 0. The van der Waals surface area contributed by atoms with Crippen molar-refractivity contribution in [2.24, 2.45) is 5.10 Å². The fraction of sp³-hybridized carbons (Fsp3) is 0. The second kappa shape index (κ2) is 6.41. The lowest BCUT2D eigenvalue weighted by Gasteiger charge is -2.02. The predicted octanol–water partition coefficient (Wildman–Crippen LogP) is 3.78. The molecule has 0 spiro atoms. The Balaban J connectivity index is 1.96. The first-order valence-corrected chi connectivity index (χ1v) is 6.28. The van der Waals surface area contributed by atoms with E-state index in [1.54, 1.807) is 30.5 Å². The molecule has 96 valence electrons. The molecule has 0 aliphatic carbocycles. The van der Waals surface area contributed by atoms with Gasteiger partial charge in [-0.3, -0.25) is 5.43 Å². The van der Waals surface area contributed by atoms with Crippen LogP contribution in [0.3, 0.4) is 0 Å². The molecule has 0 amide bonds. The monoisotopic (exact) mass is 292 g/mol. The van der Waals surface area contributed by atoms with E-state index in [0.717, 1.165) is 11.1 Å². The van der Waals surface area contributed by atoms with Gasteiger partial charge < -0.3 is 0 Å². The maximum absolute atomic E-state index is 12.7. The van der Waals surface area contributed by atoms with Gasteiger partial charge in [-0.25, -0.2) is 4.39 Å². The summed E-state index contributed by atoms with van der Waals surface area (Å²) in [6, 6.07) is 13.1. The lowest BCUT2D eigenvalue weighted by atomic mass is 10.2. The van der Waals surface area contributed by atoms with Gasteiger partial charge in [-0.05, 0) is 29.8 Å². The van der Waals surface area contributed by atoms with E-state index in [4.69, 9.17) is 23.8 Å². The number of hydrogen-bond donors (Lipinski definition) is 1. The van der Waals surface area contributed by atoms with Gasteiger partial charge in [0.05, 0.1) is 6.21 Å². The topological polar surface area (TPSA) is 24.4 Å². The summed E-state index contributed by atoms with van der Waals surface area (Å²) in [4.78, 5) is 0.495. The van der Waals surface area contributed by atoms with Crippen molar-refractivity contribution >= 4 is 35.0 Å². The highest BCUT2D eigenvalue weighted by Gasteiger charge is 1.98. The van der Waals surface area contributed by atoms with E-state index >= 15 is 0 Å². The van der Waals surface area contributed by atoms with Crippen LogP contribution in [0.25, 0.3) is 0 Å². The van der Waals surface area contributed by atoms with E-state index in [0.29, 0.717) is 10.0 Å². The molecule has 0 aliphatic rings. The first-order chi connectivity index (χ1) is 9.15. The van der Waals surface area contributed by atoms with Crippen molar-refractivity contribution in [3.63, 3.8) is 0 Å². The van der Waals surface area contributed by atoms with Crippen LogP contribution in [-0.4, -0.2) is 11.2 Å². The maximum atomic E-state index is 12.7. The third kappa shape index (κ3) is 4.12. The molecule has 2 aromatic carbocycles. The van der Waals surface area contributed by atoms with Gasteiger partial charge >= 0.3 is 0 Å². The number of rotatable bonds is 3. The lowest BCUT2D eigenvalue weighted by Crippen LogP contribution is -2.16. The van der Waals surface area contributed by atoms with Crippen molar-refractivity contribution in [2.75, 3.05) is 0 Å². The summed E-state index contributed by atoms with van der Waals surface area (Å²) in [5, 5.41) is 4.65. The third-order valence-corrected chi connectivity index (χ3v) is 2.94. The molecule has 0 atom stereocenters. The van der Waals surface area contributed by atoms with Crippen molar-refractivity contribution in [1.82, 2.24) is 5.43 Å². The Kier molecular flexibility index (Phi) is 4.60. The van der Waals surface area contributed by atoms with E-state index < -0.39 is 0 Å². The highest BCUT2D eigenvalue weighted by molar-refractivity contribution is 7.80. The molecule has 19 heavy (non-hydrogen) atoms. The summed E-state index contributed by atoms with van der Waals surface area (Å²) in [5.74, 6) is -0.276. The molecule has 0 aromatic heterocycles. The molecule has 2 aromatic rings. The van der Waals surface area contributed by atoms with Crippen molar-refractivity contribution < 1.29 is 4.39 Å². The highest BCUT2D eigenvalue weighted by atomic mass is 35.5. The van der Waals surface area contributed by atoms with E-state index in [2.05, 4.69) is 10.5 Å².